The van der Waals surface area contributed by atoms with Gasteiger partial charge in [0.1, 0.15) is 0 Å². The van der Waals surface area contributed by atoms with Crippen LogP contribution in [0.5, 0.6) is 0 Å². The van der Waals surface area contributed by atoms with Crippen molar-refractivity contribution in [3.8, 4) is 0 Å². The molecule has 2 aromatic rings. The van der Waals surface area contributed by atoms with Gasteiger partial charge in [-0.05, 0) is 42.5 Å². The van der Waals surface area contributed by atoms with E-state index in [2.05, 4.69) is 12.1 Å². The van der Waals surface area contributed by atoms with Crippen molar-refractivity contribution in [3.63, 3.8) is 0 Å². The average Bonchev–Trinajstić information content (AvgIpc) is 2.91. The van der Waals surface area contributed by atoms with Gasteiger partial charge in [-0.3, -0.25) is 14.5 Å². The maximum Gasteiger partial charge on any atom is 0.261 e. The van der Waals surface area contributed by atoms with E-state index in [0.29, 0.717) is 11.1 Å². The first-order chi connectivity index (χ1) is 12.6. The molecule has 1 aliphatic carbocycles. The van der Waals surface area contributed by atoms with Crippen molar-refractivity contribution in [3.05, 3.63) is 70.8 Å². The second-order valence-corrected chi connectivity index (χ2v) is 6.83. The lowest BCUT2D eigenvalue weighted by Crippen LogP contribution is -2.39. The van der Waals surface area contributed by atoms with E-state index in [0.717, 1.165) is 24.2 Å². The van der Waals surface area contributed by atoms with Crippen molar-refractivity contribution in [2.75, 3.05) is 13.2 Å². The first kappa shape index (κ1) is 16.9. The molecule has 0 aromatic heterocycles. The predicted octanol–water partition coefficient (Wildman–Crippen LogP) is 2.74. The molecule has 4 rings (SSSR count). The summed E-state index contributed by atoms with van der Waals surface area (Å²) in [6, 6.07) is 14.9. The number of carbonyl (C=O) groups is 2. The van der Waals surface area contributed by atoms with E-state index in [1.165, 1.54) is 11.1 Å². The molecular weight excluding hydrogens is 330 g/mol. The second kappa shape index (κ2) is 7.02. The lowest BCUT2D eigenvalue weighted by Gasteiger charge is -2.27. The van der Waals surface area contributed by atoms with Crippen LogP contribution in [0.15, 0.2) is 48.5 Å². The normalized spacial score (nSPS) is 20.0. The highest BCUT2D eigenvalue weighted by Crippen LogP contribution is 2.32. The highest BCUT2D eigenvalue weighted by Gasteiger charge is 2.36. The minimum atomic E-state index is -0.911. The number of fused-ring (bicyclic) bond motifs is 2. The summed E-state index contributed by atoms with van der Waals surface area (Å²) in [5.41, 5.74) is 3.25. The molecule has 1 aliphatic heterocycles. The number of hydrogen-bond acceptors (Lipinski definition) is 4. The summed E-state index contributed by atoms with van der Waals surface area (Å²) in [6.07, 6.45) is 2.06. The Bertz CT molecular complexity index is 812. The summed E-state index contributed by atoms with van der Waals surface area (Å²) in [6.45, 7) is 0.0348. The maximum atomic E-state index is 12.4. The minimum absolute atomic E-state index is 0.0446. The highest BCUT2D eigenvalue weighted by molar-refractivity contribution is 6.21. The van der Waals surface area contributed by atoms with E-state index in [9.17, 15) is 14.7 Å². The van der Waals surface area contributed by atoms with E-state index >= 15 is 0 Å². The molecule has 134 valence electrons. The van der Waals surface area contributed by atoms with Crippen LogP contribution >= 0.6 is 0 Å². The molecule has 0 saturated heterocycles. The lowest BCUT2D eigenvalue weighted by molar-refractivity contribution is -0.0242. The van der Waals surface area contributed by atoms with Crippen LogP contribution in [0.3, 0.4) is 0 Å². The molecule has 5 nitrogen and oxygen atoms in total. The molecule has 1 heterocycles. The fourth-order valence-electron chi connectivity index (χ4n) is 3.78. The third-order valence-electron chi connectivity index (χ3n) is 5.08. The third kappa shape index (κ3) is 3.04. The Morgan fingerprint density at radius 2 is 1.69 bits per heavy atom. The Morgan fingerprint density at radius 1 is 1.04 bits per heavy atom. The standard InChI is InChI=1S/C21H21NO4/c23-15(12-22-20(24)17-9-3-4-10-18(17)21(22)25)13-26-19-11-5-7-14-6-1-2-8-16(14)19/h1-4,6,8-10,15,19,23H,5,7,11-13H2/t15-,19-/m0/s1. The Kier molecular flexibility index (Phi) is 4.57. The molecule has 1 N–H and O–H groups in total. The second-order valence-electron chi connectivity index (χ2n) is 6.83. The summed E-state index contributed by atoms with van der Waals surface area (Å²) in [5.74, 6) is -0.708. The molecule has 2 amide bonds. The number of amides is 2. The number of ether oxygens (including phenoxy) is 1. The van der Waals surface area contributed by atoms with Crippen LogP contribution in [0.1, 0.15) is 50.8 Å². The zero-order valence-electron chi connectivity index (χ0n) is 14.4. The zero-order chi connectivity index (χ0) is 18.1. The van der Waals surface area contributed by atoms with Crippen LogP contribution in [0.2, 0.25) is 0 Å². The largest absolute Gasteiger partial charge is 0.389 e. The van der Waals surface area contributed by atoms with E-state index < -0.39 is 6.10 Å². The molecule has 0 unspecified atom stereocenters. The monoisotopic (exact) mass is 351 g/mol. The van der Waals surface area contributed by atoms with Crippen LogP contribution in [0.25, 0.3) is 0 Å². The zero-order valence-corrected chi connectivity index (χ0v) is 14.4. The van der Waals surface area contributed by atoms with Crippen molar-refractivity contribution in [2.45, 2.75) is 31.5 Å². The summed E-state index contributed by atoms with van der Waals surface area (Å²) in [5, 5.41) is 10.3. The highest BCUT2D eigenvalue weighted by atomic mass is 16.5. The molecule has 0 bridgehead atoms. The van der Waals surface area contributed by atoms with Crippen molar-refractivity contribution in [2.24, 2.45) is 0 Å². The van der Waals surface area contributed by atoms with E-state index in [4.69, 9.17) is 4.74 Å². The molecule has 0 radical (unpaired) electrons. The molecule has 2 aromatic carbocycles. The SMILES string of the molecule is O=C1c2ccccc2C(=O)N1C[C@H](O)CO[C@H]1CCCc2ccccc21. The topological polar surface area (TPSA) is 66.8 Å². The van der Waals surface area contributed by atoms with Crippen molar-refractivity contribution in [1.29, 1.82) is 0 Å². The maximum absolute atomic E-state index is 12.4. The Hall–Kier alpha value is -2.50. The van der Waals surface area contributed by atoms with Crippen LogP contribution in [0, 0.1) is 0 Å². The van der Waals surface area contributed by atoms with Crippen molar-refractivity contribution < 1.29 is 19.4 Å². The first-order valence-electron chi connectivity index (χ1n) is 8.98. The molecular formula is C21H21NO4. The smallest absolute Gasteiger partial charge is 0.261 e. The average molecular weight is 351 g/mol. The van der Waals surface area contributed by atoms with Crippen molar-refractivity contribution >= 4 is 11.8 Å². The van der Waals surface area contributed by atoms with Gasteiger partial charge in [0.15, 0.2) is 0 Å². The lowest BCUT2D eigenvalue weighted by atomic mass is 9.89. The van der Waals surface area contributed by atoms with Crippen LogP contribution < -0.4 is 0 Å². The van der Waals surface area contributed by atoms with Crippen molar-refractivity contribution in [1.82, 2.24) is 4.90 Å². The number of aryl methyl sites for hydroxylation is 1. The molecule has 2 aliphatic rings. The van der Waals surface area contributed by atoms with Gasteiger partial charge in [-0.2, -0.15) is 0 Å². The number of aliphatic hydroxyl groups is 1. The van der Waals surface area contributed by atoms with E-state index in [1.807, 2.05) is 12.1 Å². The van der Waals surface area contributed by atoms with Gasteiger partial charge in [-0.25, -0.2) is 0 Å². The molecule has 0 fully saturated rings. The van der Waals surface area contributed by atoms with Crippen LogP contribution in [0.4, 0.5) is 0 Å². The minimum Gasteiger partial charge on any atom is -0.389 e. The number of nitrogens with zero attached hydrogens (tertiary/aromatic N) is 1. The van der Waals surface area contributed by atoms with Gasteiger partial charge >= 0.3 is 0 Å². The fraction of sp³-hybridized carbons (Fsp3) is 0.333. The number of hydrogen-bond donors (Lipinski definition) is 1. The van der Waals surface area contributed by atoms with E-state index in [-0.39, 0.29) is 31.1 Å². The molecule has 0 spiro atoms. The summed E-state index contributed by atoms with van der Waals surface area (Å²) >= 11 is 0. The Morgan fingerprint density at radius 3 is 2.42 bits per heavy atom. The number of β-amino-alcohol motifs (C(OH)–C–C–N with tert-alkyl or cyclic N) is 1. The number of rotatable bonds is 5. The van der Waals surface area contributed by atoms with Gasteiger partial charge in [-0.1, -0.05) is 36.4 Å². The number of aliphatic hydroxyl groups excluding tert-OH is 1. The van der Waals surface area contributed by atoms with Gasteiger partial charge in [0.25, 0.3) is 11.8 Å². The molecule has 26 heavy (non-hydrogen) atoms. The third-order valence-corrected chi connectivity index (χ3v) is 5.08. The van der Waals surface area contributed by atoms with Gasteiger partial charge < -0.3 is 9.84 Å². The summed E-state index contributed by atoms with van der Waals surface area (Å²) in [7, 11) is 0. The summed E-state index contributed by atoms with van der Waals surface area (Å²) < 4.78 is 5.93. The van der Waals surface area contributed by atoms with Gasteiger partial charge in [-0.15, -0.1) is 0 Å². The van der Waals surface area contributed by atoms with Gasteiger partial charge in [0.2, 0.25) is 0 Å². The number of benzene rings is 2. The van der Waals surface area contributed by atoms with Gasteiger partial charge in [0.05, 0.1) is 36.5 Å². The molecule has 0 saturated carbocycles. The van der Waals surface area contributed by atoms with Gasteiger partial charge in [0, 0.05) is 0 Å². The Balaban J connectivity index is 1.38. The fourth-order valence-corrected chi connectivity index (χ4v) is 3.78. The summed E-state index contributed by atoms with van der Waals surface area (Å²) in [4.78, 5) is 25.8. The van der Waals surface area contributed by atoms with Crippen LogP contribution in [-0.4, -0.2) is 41.1 Å². The molecule has 2 atom stereocenters. The number of carbonyl (C=O) groups excluding carboxylic acids is 2. The predicted molar refractivity (Wildman–Crippen MR) is 95.9 cm³/mol. The van der Waals surface area contributed by atoms with E-state index in [1.54, 1.807) is 24.3 Å². The Labute approximate surface area is 152 Å². The number of imide groups is 1. The quantitative estimate of drug-likeness (QED) is 0.841. The molecule has 5 heteroatoms. The van der Waals surface area contributed by atoms with Crippen LogP contribution in [-0.2, 0) is 11.2 Å². The first-order valence-corrected chi connectivity index (χ1v) is 8.98.